The third-order valence-corrected chi connectivity index (χ3v) is 2.81. The molecule has 1 N–H and O–H groups in total. The lowest BCUT2D eigenvalue weighted by Gasteiger charge is -2.15. The van der Waals surface area contributed by atoms with E-state index in [4.69, 9.17) is 0 Å². The molecular weight excluding hydrogens is 214 g/mol. The molecule has 2 aromatic carbocycles. The number of carbonyl (C=O) groups excluding carboxylic acids is 1. The van der Waals surface area contributed by atoms with E-state index in [1.165, 1.54) is 12.5 Å². The van der Waals surface area contributed by atoms with Gasteiger partial charge in [0.15, 0.2) is 0 Å². The molecule has 0 aliphatic heterocycles. The fourth-order valence-corrected chi connectivity index (χ4v) is 1.94. The van der Waals surface area contributed by atoms with Gasteiger partial charge in [0.1, 0.15) is 0 Å². The van der Waals surface area contributed by atoms with E-state index < -0.39 is 6.09 Å². The molecule has 0 unspecified atom stereocenters. The van der Waals surface area contributed by atoms with E-state index >= 15 is 0 Å². The molecule has 0 bridgehead atoms. The zero-order chi connectivity index (χ0) is 12.3. The van der Waals surface area contributed by atoms with Crippen LogP contribution in [-0.2, 0) is 4.74 Å². The quantitative estimate of drug-likeness (QED) is 0.858. The molecule has 0 aromatic heterocycles. The summed E-state index contributed by atoms with van der Waals surface area (Å²) in [7, 11) is 1.37. The zero-order valence-electron chi connectivity index (χ0n) is 9.94. The summed E-state index contributed by atoms with van der Waals surface area (Å²) in [6, 6.07) is 14.1. The number of benzene rings is 2. The van der Waals surface area contributed by atoms with Gasteiger partial charge in [-0.05, 0) is 23.3 Å². The smallest absolute Gasteiger partial charge is 0.407 e. The van der Waals surface area contributed by atoms with Crippen LogP contribution in [0.4, 0.5) is 4.79 Å². The second-order valence-electron chi connectivity index (χ2n) is 3.93. The van der Waals surface area contributed by atoms with Crippen LogP contribution in [0.2, 0.25) is 0 Å². The summed E-state index contributed by atoms with van der Waals surface area (Å²) in [5.74, 6) is 0. The van der Waals surface area contributed by atoms with E-state index in [9.17, 15) is 4.79 Å². The van der Waals surface area contributed by atoms with Gasteiger partial charge in [-0.15, -0.1) is 0 Å². The van der Waals surface area contributed by atoms with Crippen molar-refractivity contribution in [3.63, 3.8) is 0 Å². The van der Waals surface area contributed by atoms with Crippen molar-refractivity contribution in [1.82, 2.24) is 5.32 Å². The molecule has 0 saturated heterocycles. The van der Waals surface area contributed by atoms with Gasteiger partial charge in [-0.3, -0.25) is 0 Å². The van der Waals surface area contributed by atoms with Crippen LogP contribution >= 0.6 is 0 Å². The van der Waals surface area contributed by atoms with Crippen molar-refractivity contribution in [3.8, 4) is 0 Å². The minimum atomic E-state index is -0.412. The molecule has 3 heteroatoms. The summed E-state index contributed by atoms with van der Waals surface area (Å²) >= 11 is 0. The Bertz CT molecular complexity index is 531. The molecule has 0 aliphatic carbocycles. The molecule has 0 radical (unpaired) electrons. The molecule has 0 fully saturated rings. The van der Waals surface area contributed by atoms with Crippen LogP contribution in [0, 0.1) is 0 Å². The summed E-state index contributed by atoms with van der Waals surface area (Å²) in [4.78, 5) is 11.2. The maximum absolute atomic E-state index is 11.2. The van der Waals surface area contributed by atoms with E-state index in [-0.39, 0.29) is 6.04 Å². The van der Waals surface area contributed by atoms with E-state index in [0.717, 1.165) is 10.9 Å². The van der Waals surface area contributed by atoms with Crippen molar-refractivity contribution in [2.24, 2.45) is 0 Å². The van der Waals surface area contributed by atoms with Crippen molar-refractivity contribution in [3.05, 3.63) is 48.0 Å². The van der Waals surface area contributed by atoms with Gasteiger partial charge in [-0.25, -0.2) is 4.79 Å². The highest BCUT2D eigenvalue weighted by molar-refractivity contribution is 5.86. The van der Waals surface area contributed by atoms with Crippen LogP contribution in [0.25, 0.3) is 10.8 Å². The first-order valence-corrected chi connectivity index (χ1v) is 5.54. The number of hydrogen-bond donors (Lipinski definition) is 1. The number of methoxy groups -OCH3 is 1. The lowest BCUT2D eigenvalue weighted by atomic mass is 10.00. The Balaban J connectivity index is 2.38. The monoisotopic (exact) mass is 229 g/mol. The van der Waals surface area contributed by atoms with Crippen molar-refractivity contribution in [2.45, 2.75) is 13.0 Å². The van der Waals surface area contributed by atoms with Gasteiger partial charge in [0.05, 0.1) is 13.2 Å². The Morgan fingerprint density at radius 1 is 1.18 bits per heavy atom. The third kappa shape index (κ3) is 2.38. The summed E-state index contributed by atoms with van der Waals surface area (Å²) in [5, 5.41) is 5.10. The van der Waals surface area contributed by atoms with E-state index in [0.29, 0.717) is 0 Å². The number of nitrogens with one attached hydrogen (secondary N) is 1. The fourth-order valence-electron chi connectivity index (χ4n) is 1.94. The highest BCUT2D eigenvalue weighted by atomic mass is 16.5. The number of alkyl carbamates (subject to hydrolysis) is 1. The Kier molecular flexibility index (Phi) is 3.28. The molecule has 0 spiro atoms. The molecule has 0 saturated carbocycles. The summed E-state index contributed by atoms with van der Waals surface area (Å²) in [6.45, 7) is 1.94. The van der Waals surface area contributed by atoms with Crippen LogP contribution in [0.5, 0.6) is 0 Å². The molecule has 1 amide bonds. The van der Waals surface area contributed by atoms with Crippen molar-refractivity contribution < 1.29 is 9.53 Å². The number of rotatable bonds is 2. The van der Waals surface area contributed by atoms with Crippen molar-refractivity contribution >= 4 is 16.9 Å². The highest BCUT2D eigenvalue weighted by Gasteiger charge is 2.11. The second kappa shape index (κ2) is 4.87. The van der Waals surface area contributed by atoms with Gasteiger partial charge in [0.2, 0.25) is 0 Å². The SMILES string of the molecule is COC(=O)N[C@@H](C)c1cccc2ccccc12. The minimum absolute atomic E-state index is 0.0754. The van der Waals surface area contributed by atoms with E-state index in [1.54, 1.807) is 0 Å². The van der Waals surface area contributed by atoms with Gasteiger partial charge in [-0.1, -0.05) is 42.5 Å². The van der Waals surface area contributed by atoms with Gasteiger partial charge >= 0.3 is 6.09 Å². The van der Waals surface area contributed by atoms with Crippen molar-refractivity contribution in [2.75, 3.05) is 7.11 Å². The van der Waals surface area contributed by atoms with Crippen LogP contribution in [0.1, 0.15) is 18.5 Å². The molecule has 2 aromatic rings. The number of amides is 1. The van der Waals surface area contributed by atoms with E-state index in [2.05, 4.69) is 28.3 Å². The Labute approximate surface area is 100 Å². The molecule has 0 heterocycles. The number of hydrogen-bond acceptors (Lipinski definition) is 2. The second-order valence-corrected chi connectivity index (χ2v) is 3.93. The molecule has 0 aliphatic rings. The fraction of sp³-hybridized carbons (Fsp3) is 0.214. The molecular formula is C14H15NO2. The van der Waals surface area contributed by atoms with Crippen molar-refractivity contribution in [1.29, 1.82) is 0 Å². The lowest BCUT2D eigenvalue weighted by molar-refractivity contribution is 0.167. The molecule has 88 valence electrons. The number of carbonyl (C=O) groups is 1. The standard InChI is InChI=1S/C14H15NO2/c1-10(15-14(16)17-2)12-9-5-7-11-6-3-4-8-13(11)12/h3-10H,1-2H3,(H,15,16)/t10-/m0/s1. The minimum Gasteiger partial charge on any atom is -0.453 e. The third-order valence-electron chi connectivity index (χ3n) is 2.81. The predicted octanol–water partition coefficient (Wildman–Crippen LogP) is 3.26. The topological polar surface area (TPSA) is 38.3 Å². The Morgan fingerprint density at radius 2 is 1.88 bits per heavy atom. The van der Waals surface area contributed by atoms with E-state index in [1.807, 2.05) is 31.2 Å². The van der Waals surface area contributed by atoms with Gasteiger partial charge in [-0.2, -0.15) is 0 Å². The zero-order valence-corrected chi connectivity index (χ0v) is 9.94. The average Bonchev–Trinajstić information content (AvgIpc) is 2.37. The normalized spacial score (nSPS) is 12.1. The first-order valence-electron chi connectivity index (χ1n) is 5.54. The number of ether oxygens (including phenoxy) is 1. The Hall–Kier alpha value is -2.03. The van der Waals surface area contributed by atoms with Crippen LogP contribution < -0.4 is 5.32 Å². The van der Waals surface area contributed by atoms with Crippen LogP contribution in [0.3, 0.4) is 0 Å². The highest BCUT2D eigenvalue weighted by Crippen LogP contribution is 2.23. The molecule has 1 atom stereocenters. The maximum Gasteiger partial charge on any atom is 0.407 e. The molecule has 17 heavy (non-hydrogen) atoms. The Morgan fingerprint density at radius 3 is 2.65 bits per heavy atom. The predicted molar refractivity (Wildman–Crippen MR) is 67.9 cm³/mol. The molecule has 3 nitrogen and oxygen atoms in total. The number of fused-ring (bicyclic) bond motifs is 1. The summed E-state index contributed by atoms with van der Waals surface area (Å²) in [5.41, 5.74) is 1.09. The van der Waals surface area contributed by atoms with Gasteiger partial charge in [0.25, 0.3) is 0 Å². The molecule has 2 rings (SSSR count). The summed E-state index contributed by atoms with van der Waals surface area (Å²) in [6.07, 6.45) is -0.412. The largest absolute Gasteiger partial charge is 0.453 e. The first kappa shape index (κ1) is 11.5. The summed E-state index contributed by atoms with van der Waals surface area (Å²) < 4.78 is 4.60. The van der Waals surface area contributed by atoms with Gasteiger partial charge in [0, 0.05) is 0 Å². The van der Waals surface area contributed by atoms with Crippen LogP contribution in [-0.4, -0.2) is 13.2 Å². The van der Waals surface area contributed by atoms with Crippen LogP contribution in [0.15, 0.2) is 42.5 Å². The first-order chi connectivity index (χ1) is 8.22. The lowest BCUT2D eigenvalue weighted by Crippen LogP contribution is -2.26. The maximum atomic E-state index is 11.2. The average molecular weight is 229 g/mol. The van der Waals surface area contributed by atoms with Gasteiger partial charge < -0.3 is 10.1 Å².